The molecule has 0 unspecified atom stereocenters. The number of para-hydroxylation sites is 1. The second kappa shape index (κ2) is 7.26. The van der Waals surface area contributed by atoms with Crippen molar-refractivity contribution in [3.8, 4) is 0 Å². The van der Waals surface area contributed by atoms with E-state index in [1.54, 1.807) is 0 Å². The van der Waals surface area contributed by atoms with Crippen LogP contribution in [0.4, 0.5) is 5.69 Å². The third kappa shape index (κ3) is 3.97. The number of rotatable bonds is 5. The van der Waals surface area contributed by atoms with Gasteiger partial charge in [-0.2, -0.15) is 0 Å². The summed E-state index contributed by atoms with van der Waals surface area (Å²) in [6.45, 7) is 8.53. The summed E-state index contributed by atoms with van der Waals surface area (Å²) in [6.07, 6.45) is 1.95. The molecule has 0 spiro atoms. The fourth-order valence-electron chi connectivity index (χ4n) is 2.65. The third-order valence-electron chi connectivity index (χ3n) is 3.84. The predicted octanol–water partition coefficient (Wildman–Crippen LogP) is 5.01. The number of amides is 1. The molecule has 0 aliphatic carbocycles. The monoisotopic (exact) mass is 295 g/mol. The number of aryl methyl sites for hydroxylation is 2. The molecule has 2 nitrogen and oxygen atoms in total. The SMILES string of the molecule is CCc1cccc(C)c1NC(=O)c1ccc(CC(C)C)cc1. The van der Waals surface area contributed by atoms with E-state index >= 15 is 0 Å². The third-order valence-corrected chi connectivity index (χ3v) is 3.84. The number of carbonyl (C=O) groups is 1. The van der Waals surface area contributed by atoms with Crippen LogP contribution in [-0.2, 0) is 12.8 Å². The first-order chi connectivity index (χ1) is 10.5. The van der Waals surface area contributed by atoms with Crippen LogP contribution in [0.2, 0.25) is 0 Å². The average molecular weight is 295 g/mol. The molecule has 2 rings (SSSR count). The zero-order valence-corrected chi connectivity index (χ0v) is 13.9. The second-order valence-electron chi connectivity index (χ2n) is 6.21. The quantitative estimate of drug-likeness (QED) is 0.825. The maximum atomic E-state index is 12.5. The minimum absolute atomic E-state index is 0.0416. The molecule has 2 heteroatoms. The van der Waals surface area contributed by atoms with Crippen molar-refractivity contribution in [2.45, 2.75) is 40.5 Å². The van der Waals surface area contributed by atoms with Gasteiger partial charge < -0.3 is 5.32 Å². The maximum Gasteiger partial charge on any atom is 0.255 e. The van der Waals surface area contributed by atoms with Crippen LogP contribution in [0.1, 0.15) is 47.8 Å². The molecule has 0 atom stereocenters. The second-order valence-corrected chi connectivity index (χ2v) is 6.21. The number of nitrogens with one attached hydrogen (secondary N) is 1. The van der Waals surface area contributed by atoms with Crippen molar-refractivity contribution in [2.24, 2.45) is 5.92 Å². The van der Waals surface area contributed by atoms with Gasteiger partial charge in [-0.15, -0.1) is 0 Å². The van der Waals surface area contributed by atoms with E-state index in [9.17, 15) is 4.79 Å². The molecular weight excluding hydrogens is 270 g/mol. The highest BCUT2D eigenvalue weighted by molar-refractivity contribution is 6.05. The average Bonchev–Trinajstić information content (AvgIpc) is 2.49. The van der Waals surface area contributed by atoms with E-state index in [1.807, 2.05) is 43.3 Å². The van der Waals surface area contributed by atoms with Crippen molar-refractivity contribution in [2.75, 3.05) is 5.32 Å². The topological polar surface area (TPSA) is 29.1 Å². The Morgan fingerprint density at radius 2 is 1.77 bits per heavy atom. The van der Waals surface area contributed by atoms with Gasteiger partial charge in [-0.25, -0.2) is 0 Å². The maximum absolute atomic E-state index is 12.5. The zero-order valence-electron chi connectivity index (χ0n) is 13.9. The van der Waals surface area contributed by atoms with Crippen LogP contribution >= 0.6 is 0 Å². The lowest BCUT2D eigenvalue weighted by Crippen LogP contribution is -2.14. The Kier molecular flexibility index (Phi) is 5.37. The minimum Gasteiger partial charge on any atom is -0.321 e. The number of anilines is 1. The summed E-state index contributed by atoms with van der Waals surface area (Å²) in [4.78, 5) is 12.5. The van der Waals surface area contributed by atoms with E-state index < -0.39 is 0 Å². The molecule has 0 radical (unpaired) electrons. The smallest absolute Gasteiger partial charge is 0.255 e. The summed E-state index contributed by atoms with van der Waals surface area (Å²) >= 11 is 0. The van der Waals surface area contributed by atoms with E-state index in [1.165, 1.54) is 11.1 Å². The first-order valence-electron chi connectivity index (χ1n) is 8.00. The van der Waals surface area contributed by atoms with Gasteiger partial charge in [0.05, 0.1) is 0 Å². The lowest BCUT2D eigenvalue weighted by Gasteiger charge is -2.13. The predicted molar refractivity (Wildman–Crippen MR) is 93.5 cm³/mol. The standard InChI is InChI=1S/C20H25NO/c1-5-17-8-6-7-15(4)19(17)21-20(22)18-11-9-16(10-12-18)13-14(2)3/h6-12,14H,5,13H2,1-4H3,(H,21,22). The first kappa shape index (κ1) is 16.3. The molecule has 0 saturated heterocycles. The fraction of sp³-hybridized carbons (Fsp3) is 0.350. The van der Waals surface area contributed by atoms with Crippen LogP contribution in [0.5, 0.6) is 0 Å². The molecule has 0 fully saturated rings. The summed E-state index contributed by atoms with van der Waals surface area (Å²) in [6, 6.07) is 14.0. The number of carbonyl (C=O) groups excluding carboxylic acids is 1. The molecule has 0 saturated carbocycles. The van der Waals surface area contributed by atoms with Crippen LogP contribution in [0.3, 0.4) is 0 Å². The van der Waals surface area contributed by atoms with Crippen LogP contribution < -0.4 is 5.32 Å². The largest absolute Gasteiger partial charge is 0.321 e. The van der Waals surface area contributed by atoms with Gasteiger partial charge in [0.15, 0.2) is 0 Å². The Hall–Kier alpha value is -2.09. The number of hydrogen-bond acceptors (Lipinski definition) is 1. The molecule has 2 aromatic carbocycles. The fourth-order valence-corrected chi connectivity index (χ4v) is 2.65. The summed E-state index contributed by atoms with van der Waals surface area (Å²) in [5.41, 5.74) is 5.20. The molecule has 116 valence electrons. The van der Waals surface area contributed by atoms with Crippen molar-refractivity contribution in [1.29, 1.82) is 0 Å². The van der Waals surface area contributed by atoms with Gasteiger partial charge in [-0.1, -0.05) is 51.1 Å². The summed E-state index contributed by atoms with van der Waals surface area (Å²) in [5, 5.41) is 3.07. The Labute approximate surface area is 133 Å². The highest BCUT2D eigenvalue weighted by Gasteiger charge is 2.10. The zero-order chi connectivity index (χ0) is 16.1. The molecule has 1 amide bonds. The molecule has 0 aliphatic heterocycles. The van der Waals surface area contributed by atoms with Crippen LogP contribution in [0.25, 0.3) is 0 Å². The summed E-state index contributed by atoms with van der Waals surface area (Å²) in [5.74, 6) is 0.582. The van der Waals surface area contributed by atoms with Crippen molar-refractivity contribution in [3.63, 3.8) is 0 Å². The van der Waals surface area contributed by atoms with Gasteiger partial charge in [0.1, 0.15) is 0 Å². The highest BCUT2D eigenvalue weighted by Crippen LogP contribution is 2.22. The highest BCUT2D eigenvalue weighted by atomic mass is 16.1. The molecule has 0 aliphatic rings. The van der Waals surface area contributed by atoms with Gasteiger partial charge >= 0.3 is 0 Å². The molecule has 22 heavy (non-hydrogen) atoms. The lowest BCUT2D eigenvalue weighted by molar-refractivity contribution is 0.102. The van der Waals surface area contributed by atoms with Gasteiger partial charge in [0, 0.05) is 11.3 Å². The summed E-state index contributed by atoms with van der Waals surface area (Å²) in [7, 11) is 0. The Bertz CT molecular complexity index is 641. The molecular formula is C20H25NO. The Balaban J connectivity index is 2.16. The molecule has 0 bridgehead atoms. The van der Waals surface area contributed by atoms with Gasteiger partial charge in [0.2, 0.25) is 0 Å². The van der Waals surface area contributed by atoms with Gasteiger partial charge in [0.25, 0.3) is 5.91 Å². The lowest BCUT2D eigenvalue weighted by atomic mass is 10.0. The van der Waals surface area contributed by atoms with E-state index in [0.717, 1.165) is 24.1 Å². The van der Waals surface area contributed by atoms with E-state index in [4.69, 9.17) is 0 Å². The molecule has 0 heterocycles. The number of hydrogen-bond donors (Lipinski definition) is 1. The van der Waals surface area contributed by atoms with Gasteiger partial charge in [-0.05, 0) is 54.5 Å². The number of benzene rings is 2. The van der Waals surface area contributed by atoms with Crippen molar-refractivity contribution in [1.82, 2.24) is 0 Å². The van der Waals surface area contributed by atoms with Crippen molar-refractivity contribution >= 4 is 11.6 Å². The van der Waals surface area contributed by atoms with Gasteiger partial charge in [-0.3, -0.25) is 4.79 Å². The van der Waals surface area contributed by atoms with E-state index in [-0.39, 0.29) is 5.91 Å². The molecule has 1 N–H and O–H groups in total. The van der Waals surface area contributed by atoms with Crippen LogP contribution in [-0.4, -0.2) is 5.91 Å². The minimum atomic E-state index is -0.0416. The van der Waals surface area contributed by atoms with Crippen molar-refractivity contribution < 1.29 is 4.79 Å². The van der Waals surface area contributed by atoms with Crippen LogP contribution in [0.15, 0.2) is 42.5 Å². The molecule has 0 aromatic heterocycles. The normalized spacial score (nSPS) is 10.8. The van der Waals surface area contributed by atoms with E-state index in [0.29, 0.717) is 11.5 Å². The van der Waals surface area contributed by atoms with E-state index in [2.05, 4.69) is 32.2 Å². The first-order valence-corrected chi connectivity index (χ1v) is 8.00. The molecule has 2 aromatic rings. The Morgan fingerprint density at radius 1 is 1.09 bits per heavy atom. The van der Waals surface area contributed by atoms with Crippen molar-refractivity contribution in [3.05, 3.63) is 64.7 Å². The van der Waals surface area contributed by atoms with Crippen LogP contribution in [0, 0.1) is 12.8 Å². The summed E-state index contributed by atoms with van der Waals surface area (Å²) < 4.78 is 0. The Morgan fingerprint density at radius 3 is 2.36 bits per heavy atom.